The Balaban J connectivity index is 2.21. The maximum Gasteiger partial charge on any atom is 0.331 e. The third kappa shape index (κ3) is 4.96. The van der Waals surface area contributed by atoms with Crippen molar-refractivity contribution in [2.75, 3.05) is 13.7 Å². The summed E-state index contributed by atoms with van der Waals surface area (Å²) in [7, 11) is 1.73. The first-order valence-electron chi connectivity index (χ1n) is 10.6. The summed E-state index contributed by atoms with van der Waals surface area (Å²) in [5.74, 6) is -1.46. The van der Waals surface area contributed by atoms with Crippen molar-refractivity contribution in [2.45, 2.75) is 33.0 Å². The molecule has 3 rings (SSSR count). The van der Waals surface area contributed by atoms with Gasteiger partial charge in [-0.3, -0.25) is 13.9 Å². The summed E-state index contributed by atoms with van der Waals surface area (Å²) in [6.07, 6.45) is 0. The molecule has 0 spiro atoms. The molecule has 0 amide bonds. The zero-order chi connectivity index (χ0) is 24.1. The Morgan fingerprint density at radius 2 is 1.70 bits per heavy atom. The monoisotopic (exact) mass is 455 g/mol. The summed E-state index contributed by atoms with van der Waals surface area (Å²) in [6.45, 7) is 7.01. The van der Waals surface area contributed by atoms with Gasteiger partial charge in [-0.25, -0.2) is 13.6 Å². The average molecular weight is 456 g/mol. The fourth-order valence-corrected chi connectivity index (χ4v) is 3.79. The number of aromatic nitrogens is 2. The van der Waals surface area contributed by atoms with Crippen molar-refractivity contribution < 1.29 is 13.5 Å². The molecule has 8 heteroatoms. The van der Waals surface area contributed by atoms with Gasteiger partial charge in [0.2, 0.25) is 0 Å². The third-order valence-corrected chi connectivity index (χ3v) is 5.58. The molecule has 1 atom stereocenters. The van der Waals surface area contributed by atoms with E-state index in [9.17, 15) is 18.4 Å². The van der Waals surface area contributed by atoms with Crippen molar-refractivity contribution in [1.29, 1.82) is 0 Å². The van der Waals surface area contributed by atoms with Gasteiger partial charge in [-0.15, -0.1) is 0 Å². The Hall–Kier alpha value is -3.52. The topological polar surface area (TPSA) is 65.3 Å². The molecule has 0 saturated heterocycles. The van der Waals surface area contributed by atoms with Crippen LogP contribution in [0.4, 0.5) is 8.78 Å². The predicted molar refractivity (Wildman–Crippen MR) is 124 cm³/mol. The van der Waals surface area contributed by atoms with Gasteiger partial charge in [-0.2, -0.15) is 0 Å². The van der Waals surface area contributed by atoms with Crippen LogP contribution in [0, 0.1) is 18.6 Å². The fourth-order valence-electron chi connectivity index (χ4n) is 3.79. The van der Waals surface area contributed by atoms with E-state index in [2.05, 4.69) is 11.9 Å². The minimum absolute atomic E-state index is 0.00458. The first-order chi connectivity index (χ1) is 15.8. The average Bonchev–Trinajstić information content (AvgIpc) is 2.79. The van der Waals surface area contributed by atoms with Crippen LogP contribution < -0.4 is 16.6 Å². The second-order valence-corrected chi connectivity index (χ2v) is 7.55. The van der Waals surface area contributed by atoms with E-state index in [0.717, 1.165) is 22.3 Å². The number of nitrogens with zero attached hydrogens (tertiary/aromatic N) is 2. The fraction of sp³-hybridized carbons (Fsp3) is 0.280. The molecule has 0 fully saturated rings. The number of nitrogens with one attached hydrogen (secondary N) is 1. The number of hydrogen-bond donors (Lipinski definition) is 1. The summed E-state index contributed by atoms with van der Waals surface area (Å²) in [5.41, 5.74) is -0.321. The number of rotatable bonds is 9. The van der Waals surface area contributed by atoms with Crippen LogP contribution >= 0.6 is 0 Å². The van der Waals surface area contributed by atoms with Crippen molar-refractivity contribution in [2.24, 2.45) is 0 Å². The van der Waals surface area contributed by atoms with Gasteiger partial charge >= 0.3 is 5.69 Å². The van der Waals surface area contributed by atoms with Gasteiger partial charge in [0.25, 0.3) is 5.56 Å². The molecule has 1 heterocycles. The maximum atomic E-state index is 14.4. The summed E-state index contributed by atoms with van der Waals surface area (Å²) in [5, 5.41) is 3.12. The second-order valence-electron chi connectivity index (χ2n) is 7.55. The van der Waals surface area contributed by atoms with E-state index in [4.69, 9.17) is 4.74 Å². The van der Waals surface area contributed by atoms with E-state index in [-0.39, 0.29) is 48.3 Å². The van der Waals surface area contributed by atoms with Crippen molar-refractivity contribution in [3.8, 4) is 0 Å². The van der Waals surface area contributed by atoms with Crippen molar-refractivity contribution >= 4 is 5.76 Å². The van der Waals surface area contributed by atoms with Crippen LogP contribution in [0.2, 0.25) is 0 Å². The van der Waals surface area contributed by atoms with Crippen LogP contribution in [0.1, 0.15) is 35.3 Å². The first-order valence-corrected chi connectivity index (χ1v) is 10.6. The molecular formula is C25H27F2N3O3. The van der Waals surface area contributed by atoms with E-state index >= 15 is 0 Å². The normalized spacial score (nSPS) is 11.9. The van der Waals surface area contributed by atoms with Crippen LogP contribution in [0.15, 0.2) is 64.7 Å². The highest BCUT2D eigenvalue weighted by atomic mass is 19.1. The summed E-state index contributed by atoms with van der Waals surface area (Å²) >= 11 is 0. The van der Waals surface area contributed by atoms with Crippen molar-refractivity contribution in [1.82, 2.24) is 14.5 Å². The van der Waals surface area contributed by atoms with Crippen LogP contribution in [-0.4, -0.2) is 22.8 Å². The largest absolute Gasteiger partial charge is 0.494 e. The molecule has 0 bridgehead atoms. The lowest BCUT2D eigenvalue weighted by Crippen LogP contribution is -2.45. The SMILES string of the molecule is C=C(OCC)c1c(C)n(Cc2c(F)cccc2F)c(=O)n(CC(NC)c2ccccc2)c1=O. The minimum Gasteiger partial charge on any atom is -0.494 e. The number of benzene rings is 2. The van der Waals surface area contributed by atoms with Crippen LogP contribution in [-0.2, 0) is 17.8 Å². The van der Waals surface area contributed by atoms with Gasteiger partial charge in [-0.1, -0.05) is 43.0 Å². The number of hydrogen-bond acceptors (Lipinski definition) is 4. The summed E-state index contributed by atoms with van der Waals surface area (Å²) in [6, 6.07) is 12.5. The van der Waals surface area contributed by atoms with Gasteiger partial charge in [-0.05, 0) is 38.6 Å². The molecule has 1 N–H and O–H groups in total. The highest BCUT2D eigenvalue weighted by molar-refractivity contribution is 5.58. The number of halogens is 2. The smallest absolute Gasteiger partial charge is 0.331 e. The lowest BCUT2D eigenvalue weighted by atomic mass is 10.1. The second kappa shape index (κ2) is 10.4. The lowest BCUT2D eigenvalue weighted by Gasteiger charge is -2.22. The maximum absolute atomic E-state index is 14.4. The van der Waals surface area contributed by atoms with Crippen molar-refractivity contribution in [3.63, 3.8) is 0 Å². The van der Waals surface area contributed by atoms with Gasteiger partial charge in [0, 0.05) is 11.3 Å². The van der Waals surface area contributed by atoms with Gasteiger partial charge in [0.15, 0.2) is 0 Å². The van der Waals surface area contributed by atoms with Gasteiger partial charge in [0.1, 0.15) is 23.0 Å². The molecular weight excluding hydrogens is 428 g/mol. The Kier molecular flexibility index (Phi) is 7.60. The Morgan fingerprint density at radius 3 is 2.27 bits per heavy atom. The van der Waals surface area contributed by atoms with E-state index in [1.807, 2.05) is 30.3 Å². The van der Waals surface area contributed by atoms with Crippen molar-refractivity contribution in [3.05, 3.63) is 110 Å². The first kappa shape index (κ1) is 24.1. The summed E-state index contributed by atoms with van der Waals surface area (Å²) < 4.78 is 36.4. The molecule has 0 radical (unpaired) electrons. The molecule has 0 aliphatic rings. The molecule has 174 valence electrons. The third-order valence-electron chi connectivity index (χ3n) is 5.58. The molecule has 2 aromatic carbocycles. The van der Waals surface area contributed by atoms with E-state index in [1.165, 1.54) is 17.6 Å². The van der Waals surface area contributed by atoms with Crippen LogP contribution in [0.5, 0.6) is 0 Å². The molecule has 6 nitrogen and oxygen atoms in total. The minimum atomic E-state index is -0.776. The molecule has 0 aliphatic heterocycles. The lowest BCUT2D eigenvalue weighted by molar-refractivity contribution is 0.297. The van der Waals surface area contributed by atoms with E-state index in [0.29, 0.717) is 0 Å². The summed E-state index contributed by atoms with van der Waals surface area (Å²) in [4.78, 5) is 26.8. The zero-order valence-corrected chi connectivity index (χ0v) is 18.9. The molecule has 33 heavy (non-hydrogen) atoms. The van der Waals surface area contributed by atoms with Gasteiger partial charge < -0.3 is 10.1 Å². The van der Waals surface area contributed by atoms with E-state index < -0.39 is 22.9 Å². The highest BCUT2D eigenvalue weighted by Gasteiger charge is 2.23. The Morgan fingerprint density at radius 1 is 1.06 bits per heavy atom. The molecule has 3 aromatic rings. The molecule has 1 unspecified atom stereocenters. The van der Waals surface area contributed by atoms with Crippen LogP contribution in [0.25, 0.3) is 5.76 Å². The Bertz CT molecular complexity index is 1250. The molecule has 0 aliphatic carbocycles. The number of likely N-dealkylation sites (N-methyl/N-ethyl adjacent to an activating group) is 1. The molecule has 1 aromatic heterocycles. The van der Waals surface area contributed by atoms with E-state index in [1.54, 1.807) is 14.0 Å². The standard InChI is InChI=1S/C25H27F2N3O3/c1-5-33-17(3)23-16(2)29(14-19-20(26)12-9-13-21(19)27)25(32)30(24(23)31)15-22(28-4)18-10-7-6-8-11-18/h6-13,22,28H,3,5,14-15H2,1-2,4H3. The predicted octanol–water partition coefficient (Wildman–Crippen LogP) is 3.61. The quantitative estimate of drug-likeness (QED) is 0.501. The molecule has 0 saturated carbocycles. The van der Waals surface area contributed by atoms with Crippen LogP contribution in [0.3, 0.4) is 0 Å². The van der Waals surface area contributed by atoms with Gasteiger partial charge in [0.05, 0.1) is 25.7 Å². The Labute approximate surface area is 190 Å². The zero-order valence-electron chi connectivity index (χ0n) is 18.9. The highest BCUT2D eigenvalue weighted by Crippen LogP contribution is 2.19. The number of ether oxygens (including phenoxy) is 1.